The summed E-state index contributed by atoms with van der Waals surface area (Å²) < 4.78 is 27.3. The third-order valence-electron chi connectivity index (χ3n) is 4.95. The van der Waals surface area contributed by atoms with Gasteiger partial charge < -0.3 is 10.6 Å². The zero-order valence-corrected chi connectivity index (χ0v) is 15.1. The molecule has 0 bridgehead atoms. The number of hydrogen-bond donors (Lipinski definition) is 1. The monoisotopic (exact) mass is 365 g/mol. The van der Waals surface area contributed by atoms with E-state index >= 15 is 0 Å². The number of carbonyl (C=O) groups is 2. The number of nitrogens with two attached hydrogens (primary N) is 1. The van der Waals surface area contributed by atoms with E-state index in [0.29, 0.717) is 37.9 Å². The normalized spacial score (nSPS) is 22.4. The Labute approximate surface area is 147 Å². The zero-order chi connectivity index (χ0) is 18.2. The zero-order valence-electron chi connectivity index (χ0n) is 14.3. The highest BCUT2D eigenvalue weighted by Crippen LogP contribution is 2.29. The van der Waals surface area contributed by atoms with Gasteiger partial charge >= 0.3 is 0 Å². The summed E-state index contributed by atoms with van der Waals surface area (Å²) in [4.78, 5) is 25.2. The van der Waals surface area contributed by atoms with Crippen molar-refractivity contribution in [3.8, 4) is 0 Å². The molecule has 0 aliphatic carbocycles. The Bertz CT molecular complexity index is 806. The lowest BCUT2D eigenvalue weighted by molar-refractivity contribution is -0.122. The molecule has 2 fully saturated rings. The van der Waals surface area contributed by atoms with Gasteiger partial charge in [0.1, 0.15) is 0 Å². The highest BCUT2D eigenvalue weighted by atomic mass is 32.2. The molecule has 2 aliphatic rings. The van der Waals surface area contributed by atoms with E-state index in [-0.39, 0.29) is 17.3 Å². The number of nitrogens with zero attached hydrogens (tertiary/aromatic N) is 2. The quantitative estimate of drug-likeness (QED) is 0.860. The molecule has 25 heavy (non-hydrogen) atoms. The van der Waals surface area contributed by atoms with E-state index in [9.17, 15) is 18.0 Å². The molecule has 7 nitrogen and oxygen atoms in total. The summed E-state index contributed by atoms with van der Waals surface area (Å²) >= 11 is 0. The average Bonchev–Trinajstić information content (AvgIpc) is 3.00. The highest BCUT2D eigenvalue weighted by Gasteiger charge is 2.33. The van der Waals surface area contributed by atoms with E-state index in [4.69, 9.17) is 5.73 Å². The van der Waals surface area contributed by atoms with Crippen molar-refractivity contribution < 1.29 is 18.0 Å². The average molecular weight is 365 g/mol. The molecule has 0 saturated carbocycles. The van der Waals surface area contributed by atoms with Gasteiger partial charge in [-0.05, 0) is 49.9 Å². The van der Waals surface area contributed by atoms with Gasteiger partial charge in [-0.1, -0.05) is 0 Å². The Morgan fingerprint density at radius 1 is 1.24 bits per heavy atom. The minimum absolute atomic E-state index is 0.0651. The maximum absolute atomic E-state index is 13.0. The molecule has 2 saturated heterocycles. The topological polar surface area (TPSA) is 101 Å². The van der Waals surface area contributed by atoms with Gasteiger partial charge in [-0.2, -0.15) is 4.31 Å². The van der Waals surface area contributed by atoms with Crippen molar-refractivity contribution in [2.75, 3.05) is 24.5 Å². The fourth-order valence-electron chi connectivity index (χ4n) is 3.54. The first-order valence-electron chi connectivity index (χ1n) is 8.51. The Balaban J connectivity index is 1.87. The second-order valence-corrected chi connectivity index (χ2v) is 8.61. The molecule has 2 heterocycles. The number of anilines is 1. The Hall–Kier alpha value is -1.93. The number of aryl methyl sites for hydroxylation is 1. The van der Waals surface area contributed by atoms with Gasteiger partial charge in [0.25, 0.3) is 0 Å². The highest BCUT2D eigenvalue weighted by molar-refractivity contribution is 7.89. The Morgan fingerprint density at radius 3 is 2.60 bits per heavy atom. The molecule has 0 aromatic heterocycles. The maximum atomic E-state index is 13.0. The molecule has 1 aromatic carbocycles. The minimum atomic E-state index is -3.69. The summed E-state index contributed by atoms with van der Waals surface area (Å²) in [6, 6.07) is 4.98. The summed E-state index contributed by atoms with van der Waals surface area (Å²) in [5, 5.41) is 0. The number of amides is 2. The van der Waals surface area contributed by atoms with E-state index in [0.717, 1.165) is 12.1 Å². The number of hydrogen-bond acceptors (Lipinski definition) is 4. The van der Waals surface area contributed by atoms with Crippen LogP contribution in [0.1, 0.15) is 31.2 Å². The van der Waals surface area contributed by atoms with E-state index in [2.05, 4.69) is 0 Å². The third kappa shape index (κ3) is 3.41. The van der Waals surface area contributed by atoms with Crippen LogP contribution in [0, 0.1) is 12.8 Å². The Kier molecular flexibility index (Phi) is 4.83. The van der Waals surface area contributed by atoms with Crippen molar-refractivity contribution in [3.63, 3.8) is 0 Å². The van der Waals surface area contributed by atoms with Crippen molar-refractivity contribution in [1.29, 1.82) is 0 Å². The van der Waals surface area contributed by atoms with Crippen molar-refractivity contribution in [2.24, 2.45) is 11.7 Å². The van der Waals surface area contributed by atoms with Gasteiger partial charge in [0.2, 0.25) is 21.8 Å². The lowest BCUT2D eigenvalue weighted by atomic mass is 9.99. The van der Waals surface area contributed by atoms with Crippen LogP contribution in [0.5, 0.6) is 0 Å². The summed E-state index contributed by atoms with van der Waals surface area (Å²) in [6.07, 6.45) is 2.59. The molecular weight excluding hydrogens is 342 g/mol. The van der Waals surface area contributed by atoms with Crippen LogP contribution < -0.4 is 10.6 Å². The molecule has 0 radical (unpaired) electrons. The van der Waals surface area contributed by atoms with Crippen molar-refractivity contribution >= 4 is 27.5 Å². The van der Waals surface area contributed by atoms with Crippen molar-refractivity contribution in [2.45, 2.75) is 37.5 Å². The van der Waals surface area contributed by atoms with Gasteiger partial charge in [0.05, 0.1) is 10.8 Å². The number of primary amides is 1. The SMILES string of the molecule is Cc1cc(N2CCCC2=O)ccc1S(=O)(=O)N1CCCC(C(N)=O)C1. The first-order valence-corrected chi connectivity index (χ1v) is 9.95. The first kappa shape index (κ1) is 17.9. The standard InChI is InChI=1S/C17H23N3O4S/c1-12-10-14(20-9-3-5-16(20)21)6-7-15(12)25(23,24)19-8-2-4-13(11-19)17(18)22/h6-7,10,13H,2-5,8-9,11H2,1H3,(H2,18,22). The van der Waals surface area contributed by atoms with Gasteiger partial charge in [-0.25, -0.2) is 8.42 Å². The van der Waals surface area contributed by atoms with Crippen molar-refractivity contribution in [1.82, 2.24) is 4.31 Å². The summed E-state index contributed by atoms with van der Waals surface area (Å²) in [5.41, 5.74) is 6.67. The predicted molar refractivity (Wildman–Crippen MR) is 93.4 cm³/mol. The van der Waals surface area contributed by atoms with E-state index in [1.54, 1.807) is 30.0 Å². The number of piperidine rings is 1. The molecule has 1 atom stereocenters. The van der Waals surface area contributed by atoms with Crippen LogP contribution in [0.3, 0.4) is 0 Å². The molecule has 2 N–H and O–H groups in total. The lowest BCUT2D eigenvalue weighted by Gasteiger charge is -2.31. The number of rotatable bonds is 4. The number of sulfonamides is 1. The molecular formula is C17H23N3O4S. The molecule has 136 valence electrons. The van der Waals surface area contributed by atoms with E-state index in [1.165, 1.54) is 4.31 Å². The van der Waals surface area contributed by atoms with E-state index in [1.807, 2.05) is 0 Å². The van der Waals surface area contributed by atoms with Gasteiger partial charge in [-0.15, -0.1) is 0 Å². The molecule has 2 aliphatic heterocycles. The number of benzene rings is 1. The van der Waals surface area contributed by atoms with Crippen LogP contribution in [0.4, 0.5) is 5.69 Å². The molecule has 1 aromatic rings. The predicted octanol–water partition coefficient (Wildman–Crippen LogP) is 1.01. The minimum Gasteiger partial charge on any atom is -0.369 e. The first-order chi connectivity index (χ1) is 11.8. The van der Waals surface area contributed by atoms with Crippen LogP contribution in [0.2, 0.25) is 0 Å². The van der Waals surface area contributed by atoms with Crippen LogP contribution in [0.15, 0.2) is 23.1 Å². The molecule has 3 rings (SSSR count). The van der Waals surface area contributed by atoms with Gasteiger partial charge in [0, 0.05) is 31.7 Å². The summed E-state index contributed by atoms with van der Waals surface area (Å²) in [5.74, 6) is -0.833. The molecule has 0 spiro atoms. The lowest BCUT2D eigenvalue weighted by Crippen LogP contribution is -2.44. The van der Waals surface area contributed by atoms with Crippen LogP contribution in [-0.2, 0) is 19.6 Å². The molecule has 2 amide bonds. The fourth-order valence-corrected chi connectivity index (χ4v) is 5.27. The second-order valence-electron chi connectivity index (χ2n) is 6.70. The smallest absolute Gasteiger partial charge is 0.243 e. The maximum Gasteiger partial charge on any atom is 0.243 e. The molecule has 1 unspecified atom stereocenters. The largest absolute Gasteiger partial charge is 0.369 e. The van der Waals surface area contributed by atoms with Crippen molar-refractivity contribution in [3.05, 3.63) is 23.8 Å². The van der Waals surface area contributed by atoms with Gasteiger partial charge in [-0.3, -0.25) is 9.59 Å². The summed E-state index contributed by atoms with van der Waals surface area (Å²) in [7, 11) is -3.69. The third-order valence-corrected chi connectivity index (χ3v) is 6.97. The van der Waals surface area contributed by atoms with Crippen LogP contribution in [-0.4, -0.2) is 44.2 Å². The Morgan fingerprint density at radius 2 is 2.00 bits per heavy atom. The molecule has 8 heteroatoms. The van der Waals surface area contributed by atoms with Crippen LogP contribution in [0.25, 0.3) is 0 Å². The summed E-state index contributed by atoms with van der Waals surface area (Å²) in [6.45, 7) is 2.91. The van der Waals surface area contributed by atoms with E-state index < -0.39 is 21.8 Å². The second kappa shape index (κ2) is 6.76. The van der Waals surface area contributed by atoms with Crippen LogP contribution >= 0.6 is 0 Å². The fraction of sp³-hybridized carbons (Fsp3) is 0.529. The van der Waals surface area contributed by atoms with Gasteiger partial charge in [0.15, 0.2) is 0 Å². The number of carbonyl (C=O) groups excluding carboxylic acids is 2.